The van der Waals surface area contributed by atoms with Crippen LogP contribution in [0.1, 0.15) is 17.3 Å². The topological polar surface area (TPSA) is 62.3 Å². The summed E-state index contributed by atoms with van der Waals surface area (Å²) < 4.78 is 0. The Balaban J connectivity index is 2.46. The minimum absolute atomic E-state index is 0.109. The maximum Gasteiger partial charge on any atom is 0.252 e. The number of carbonyl (C=O) groups is 2. The zero-order valence-electron chi connectivity index (χ0n) is 11.5. The first-order valence-corrected chi connectivity index (χ1v) is 6.99. The van der Waals surface area contributed by atoms with E-state index in [-0.39, 0.29) is 11.7 Å². The molecule has 5 nitrogen and oxygen atoms in total. The second-order valence-corrected chi connectivity index (χ2v) is 5.43. The number of thioether (sulfide) groups is 1. The van der Waals surface area contributed by atoms with Gasteiger partial charge in [0.1, 0.15) is 5.78 Å². The van der Waals surface area contributed by atoms with Gasteiger partial charge in [0, 0.05) is 19.3 Å². The molecule has 104 valence electrons. The first-order chi connectivity index (χ1) is 8.99. The molecule has 1 N–H and O–H groups in total. The number of likely N-dealkylation sites (N-methyl/N-ethyl adjacent to an activating group) is 1. The van der Waals surface area contributed by atoms with Gasteiger partial charge in [0.05, 0.1) is 16.3 Å². The van der Waals surface area contributed by atoms with E-state index in [0.29, 0.717) is 17.9 Å². The second-order valence-electron chi connectivity index (χ2n) is 4.43. The van der Waals surface area contributed by atoms with Gasteiger partial charge in [0.25, 0.3) is 5.91 Å². The van der Waals surface area contributed by atoms with E-state index in [1.54, 1.807) is 19.1 Å². The number of pyridine rings is 1. The van der Waals surface area contributed by atoms with E-state index in [9.17, 15) is 9.59 Å². The molecule has 0 aliphatic heterocycles. The van der Waals surface area contributed by atoms with Crippen molar-refractivity contribution in [3.63, 3.8) is 0 Å². The summed E-state index contributed by atoms with van der Waals surface area (Å²) in [6.45, 7) is 2.94. The number of rotatable bonds is 7. The smallest absolute Gasteiger partial charge is 0.252 e. The van der Waals surface area contributed by atoms with Crippen molar-refractivity contribution in [1.29, 1.82) is 0 Å². The Labute approximate surface area is 117 Å². The predicted molar refractivity (Wildman–Crippen MR) is 76.5 cm³/mol. The molecule has 0 aliphatic carbocycles. The molecule has 1 amide bonds. The zero-order chi connectivity index (χ0) is 14.3. The average Bonchev–Trinajstić information content (AvgIpc) is 2.36. The Morgan fingerprint density at radius 3 is 2.63 bits per heavy atom. The number of carbonyl (C=O) groups excluding carboxylic acids is 2. The highest BCUT2D eigenvalue weighted by Crippen LogP contribution is 2.14. The van der Waals surface area contributed by atoms with Gasteiger partial charge >= 0.3 is 0 Å². The molecule has 19 heavy (non-hydrogen) atoms. The van der Waals surface area contributed by atoms with Gasteiger partial charge in [-0.1, -0.05) is 11.8 Å². The summed E-state index contributed by atoms with van der Waals surface area (Å²) in [7, 11) is 3.91. The van der Waals surface area contributed by atoms with Crippen LogP contribution in [0.4, 0.5) is 0 Å². The van der Waals surface area contributed by atoms with Crippen molar-refractivity contribution >= 4 is 23.5 Å². The van der Waals surface area contributed by atoms with Crippen molar-refractivity contribution in [2.24, 2.45) is 0 Å². The van der Waals surface area contributed by atoms with Crippen molar-refractivity contribution in [2.75, 3.05) is 32.9 Å². The van der Waals surface area contributed by atoms with Crippen LogP contribution in [0, 0.1) is 0 Å². The van der Waals surface area contributed by atoms with Crippen LogP contribution in [-0.2, 0) is 4.79 Å². The normalized spacial score (nSPS) is 10.5. The largest absolute Gasteiger partial charge is 0.351 e. The first-order valence-electron chi connectivity index (χ1n) is 6.00. The minimum atomic E-state index is -0.127. The van der Waals surface area contributed by atoms with Crippen molar-refractivity contribution in [3.8, 4) is 0 Å². The fraction of sp³-hybridized carbons (Fsp3) is 0.462. The van der Waals surface area contributed by atoms with E-state index in [0.717, 1.165) is 11.6 Å². The van der Waals surface area contributed by atoms with E-state index < -0.39 is 0 Å². The molecule has 1 aromatic rings. The first kappa shape index (κ1) is 15.7. The Bertz CT molecular complexity index is 432. The molecule has 0 aliphatic rings. The molecule has 0 radical (unpaired) electrons. The third-order valence-electron chi connectivity index (χ3n) is 2.27. The van der Waals surface area contributed by atoms with Gasteiger partial charge in [-0.3, -0.25) is 9.59 Å². The highest BCUT2D eigenvalue weighted by molar-refractivity contribution is 7.99. The summed E-state index contributed by atoms with van der Waals surface area (Å²) in [6.07, 6.45) is 1.54. The number of hydrogen-bond donors (Lipinski definition) is 1. The Hall–Kier alpha value is -1.40. The van der Waals surface area contributed by atoms with Crippen LogP contribution in [0.2, 0.25) is 0 Å². The van der Waals surface area contributed by atoms with E-state index >= 15 is 0 Å². The number of ketones is 1. The monoisotopic (exact) mass is 281 g/mol. The number of hydrogen-bond acceptors (Lipinski definition) is 5. The van der Waals surface area contributed by atoms with Gasteiger partial charge in [-0.05, 0) is 33.2 Å². The van der Waals surface area contributed by atoms with E-state index in [4.69, 9.17) is 0 Å². The quantitative estimate of drug-likeness (QED) is 0.757. The van der Waals surface area contributed by atoms with E-state index in [1.165, 1.54) is 18.0 Å². The molecular weight excluding hydrogens is 262 g/mol. The molecule has 0 spiro atoms. The van der Waals surface area contributed by atoms with Crippen LogP contribution < -0.4 is 5.32 Å². The van der Waals surface area contributed by atoms with Crippen molar-refractivity contribution < 1.29 is 9.59 Å². The van der Waals surface area contributed by atoms with Crippen LogP contribution in [0.25, 0.3) is 0 Å². The minimum Gasteiger partial charge on any atom is -0.351 e. The molecule has 0 saturated carbocycles. The molecule has 0 fully saturated rings. The number of Topliss-reactive ketones (excluding diaryl/α,β-unsaturated/α-hetero) is 1. The number of nitrogens with one attached hydrogen (secondary N) is 1. The molecule has 6 heteroatoms. The van der Waals surface area contributed by atoms with Crippen LogP contribution in [0.15, 0.2) is 23.4 Å². The standard InChI is InChI=1S/C13H19N3O2S/c1-10(17)9-19-12-5-4-11(8-15-12)13(18)14-6-7-16(2)3/h4-5,8H,6-7,9H2,1-3H3,(H,14,18). The third kappa shape index (κ3) is 6.35. The molecule has 0 saturated heterocycles. The van der Waals surface area contributed by atoms with Crippen molar-refractivity contribution in [2.45, 2.75) is 11.9 Å². The molecule has 1 heterocycles. The summed E-state index contributed by atoms with van der Waals surface area (Å²) in [4.78, 5) is 28.8. The van der Waals surface area contributed by atoms with E-state index in [2.05, 4.69) is 10.3 Å². The van der Waals surface area contributed by atoms with Crippen LogP contribution >= 0.6 is 11.8 Å². The van der Waals surface area contributed by atoms with Gasteiger partial charge < -0.3 is 10.2 Å². The SMILES string of the molecule is CC(=O)CSc1ccc(C(=O)NCCN(C)C)cn1. The summed E-state index contributed by atoms with van der Waals surface area (Å²) in [5.41, 5.74) is 0.533. The molecule has 1 rings (SSSR count). The van der Waals surface area contributed by atoms with Gasteiger partial charge in [-0.15, -0.1) is 0 Å². The summed E-state index contributed by atoms with van der Waals surface area (Å²) in [5, 5.41) is 3.57. The summed E-state index contributed by atoms with van der Waals surface area (Å²) in [6, 6.07) is 3.48. The Morgan fingerprint density at radius 1 is 1.37 bits per heavy atom. The molecule has 0 bridgehead atoms. The maximum absolute atomic E-state index is 11.8. The fourth-order valence-corrected chi connectivity index (χ4v) is 1.91. The molecule has 1 aromatic heterocycles. The lowest BCUT2D eigenvalue weighted by molar-refractivity contribution is -0.114. The van der Waals surface area contributed by atoms with Crippen LogP contribution in [-0.4, -0.2) is 54.5 Å². The zero-order valence-corrected chi connectivity index (χ0v) is 12.3. The van der Waals surface area contributed by atoms with Crippen molar-refractivity contribution in [1.82, 2.24) is 15.2 Å². The van der Waals surface area contributed by atoms with Crippen LogP contribution in [0.5, 0.6) is 0 Å². The number of nitrogens with zero attached hydrogens (tertiary/aromatic N) is 2. The van der Waals surface area contributed by atoms with Gasteiger partial charge in [-0.25, -0.2) is 4.98 Å². The Morgan fingerprint density at radius 2 is 2.11 bits per heavy atom. The molecular formula is C13H19N3O2S. The maximum atomic E-state index is 11.8. The predicted octanol–water partition coefficient (Wildman–Crippen LogP) is 1.05. The average molecular weight is 281 g/mol. The lowest BCUT2D eigenvalue weighted by atomic mass is 10.3. The van der Waals surface area contributed by atoms with E-state index in [1.807, 2.05) is 19.0 Å². The summed E-state index contributed by atoms with van der Waals surface area (Å²) >= 11 is 1.37. The molecule has 0 atom stereocenters. The second kappa shape index (κ2) is 7.91. The van der Waals surface area contributed by atoms with Gasteiger partial charge in [-0.2, -0.15) is 0 Å². The highest BCUT2D eigenvalue weighted by Gasteiger charge is 2.06. The van der Waals surface area contributed by atoms with Crippen molar-refractivity contribution in [3.05, 3.63) is 23.9 Å². The van der Waals surface area contributed by atoms with Gasteiger partial charge in [0.15, 0.2) is 0 Å². The lowest BCUT2D eigenvalue weighted by Gasteiger charge is -2.10. The lowest BCUT2D eigenvalue weighted by Crippen LogP contribution is -2.31. The number of amides is 1. The summed E-state index contributed by atoms with van der Waals surface area (Å²) in [5.74, 6) is 0.385. The third-order valence-corrected chi connectivity index (χ3v) is 3.35. The number of aromatic nitrogens is 1. The van der Waals surface area contributed by atoms with Gasteiger partial charge in [0.2, 0.25) is 0 Å². The molecule has 0 unspecified atom stereocenters. The molecule has 0 aromatic carbocycles. The fourth-order valence-electron chi connectivity index (χ4n) is 1.27. The Kier molecular flexibility index (Phi) is 6.52. The van der Waals surface area contributed by atoms with Crippen LogP contribution in [0.3, 0.4) is 0 Å². The highest BCUT2D eigenvalue weighted by atomic mass is 32.2.